The van der Waals surface area contributed by atoms with Crippen LogP contribution in [0.5, 0.6) is 0 Å². The molecule has 0 unspecified atom stereocenters. The molecular formula is C16H17N5OS2. The van der Waals surface area contributed by atoms with Gasteiger partial charge in [-0.3, -0.25) is 10.2 Å². The summed E-state index contributed by atoms with van der Waals surface area (Å²) in [6.45, 7) is 3.97. The Labute approximate surface area is 148 Å². The van der Waals surface area contributed by atoms with Gasteiger partial charge >= 0.3 is 0 Å². The Morgan fingerprint density at radius 3 is 2.83 bits per heavy atom. The molecule has 0 aliphatic carbocycles. The summed E-state index contributed by atoms with van der Waals surface area (Å²) >= 11 is 6.90. The summed E-state index contributed by atoms with van der Waals surface area (Å²) in [5, 5.41) is 7.01. The van der Waals surface area contributed by atoms with E-state index in [0.717, 1.165) is 16.1 Å². The molecule has 3 N–H and O–H groups in total. The van der Waals surface area contributed by atoms with Crippen molar-refractivity contribution < 1.29 is 4.79 Å². The van der Waals surface area contributed by atoms with Gasteiger partial charge in [0.15, 0.2) is 5.78 Å². The number of nitrogens with zero attached hydrogens (tertiary/aromatic N) is 3. The zero-order valence-electron chi connectivity index (χ0n) is 13.3. The van der Waals surface area contributed by atoms with E-state index in [0.29, 0.717) is 10.3 Å². The number of nitrogens with one attached hydrogen (secondary N) is 1. The summed E-state index contributed by atoms with van der Waals surface area (Å²) in [6, 6.07) is 9.56. The van der Waals surface area contributed by atoms with E-state index in [2.05, 4.69) is 10.5 Å². The average Bonchev–Trinajstić information content (AvgIpc) is 3.12. The summed E-state index contributed by atoms with van der Waals surface area (Å²) in [5.41, 5.74) is 11.7. The van der Waals surface area contributed by atoms with Crippen LogP contribution in [0.3, 0.4) is 0 Å². The van der Waals surface area contributed by atoms with Crippen LogP contribution >= 0.6 is 23.6 Å². The number of aromatic nitrogens is 3. The highest BCUT2D eigenvalue weighted by molar-refractivity contribution is 7.71. The molecular weight excluding hydrogens is 342 g/mol. The van der Waals surface area contributed by atoms with Crippen LogP contribution in [-0.4, -0.2) is 20.2 Å². The molecule has 0 saturated carbocycles. The predicted molar refractivity (Wildman–Crippen MR) is 99.0 cm³/mol. The second-order valence-corrected chi connectivity index (χ2v) is 6.78. The van der Waals surface area contributed by atoms with Crippen molar-refractivity contribution in [3.8, 4) is 0 Å². The molecule has 6 nitrogen and oxygen atoms in total. The van der Waals surface area contributed by atoms with E-state index >= 15 is 0 Å². The maximum absolute atomic E-state index is 12.6. The Balaban J connectivity index is 1.85. The molecule has 3 aromatic rings. The Bertz CT molecular complexity index is 940. The number of hydrogen-bond acceptors (Lipinski definition) is 6. The van der Waals surface area contributed by atoms with Gasteiger partial charge in [0.2, 0.25) is 10.7 Å². The number of nitrogens with two attached hydrogens (primary N) is 1. The smallest absolute Gasteiger partial charge is 0.240 e. The van der Waals surface area contributed by atoms with Gasteiger partial charge in [-0.05, 0) is 49.1 Å². The van der Waals surface area contributed by atoms with E-state index in [1.54, 1.807) is 0 Å². The van der Waals surface area contributed by atoms with Crippen LogP contribution in [0, 0.1) is 18.6 Å². The van der Waals surface area contributed by atoms with E-state index in [1.165, 1.54) is 20.7 Å². The molecule has 0 aliphatic heterocycles. The van der Waals surface area contributed by atoms with Gasteiger partial charge < -0.3 is 5.73 Å². The van der Waals surface area contributed by atoms with Crippen molar-refractivity contribution in [2.45, 2.75) is 20.4 Å². The fourth-order valence-electron chi connectivity index (χ4n) is 2.43. The highest BCUT2D eigenvalue weighted by atomic mass is 32.1. The second kappa shape index (κ2) is 6.58. The topological polar surface area (TPSA) is 77.9 Å². The minimum absolute atomic E-state index is 0.0477. The SMILES string of the molecule is Cc1ccc(C(=O)Cn2nc(N)n(Nc3cccs3)c2=S)c(C)c1. The highest BCUT2D eigenvalue weighted by Crippen LogP contribution is 2.17. The molecule has 0 amide bonds. The summed E-state index contributed by atoms with van der Waals surface area (Å²) in [5.74, 6) is 0.159. The molecule has 0 atom stereocenters. The second-order valence-electron chi connectivity index (χ2n) is 5.46. The van der Waals surface area contributed by atoms with Crippen LogP contribution in [-0.2, 0) is 6.54 Å². The molecule has 3 rings (SSSR count). The number of thiophene rings is 1. The number of benzene rings is 1. The Morgan fingerprint density at radius 2 is 2.17 bits per heavy atom. The van der Waals surface area contributed by atoms with Crippen molar-refractivity contribution in [2.24, 2.45) is 0 Å². The molecule has 2 aromatic heterocycles. The van der Waals surface area contributed by atoms with Crippen molar-refractivity contribution in [1.29, 1.82) is 0 Å². The molecule has 0 fully saturated rings. The lowest BCUT2D eigenvalue weighted by Crippen LogP contribution is -2.15. The summed E-state index contributed by atoms with van der Waals surface area (Å²) in [7, 11) is 0. The molecule has 0 saturated heterocycles. The normalized spacial score (nSPS) is 10.8. The number of ketones is 1. The Morgan fingerprint density at radius 1 is 1.38 bits per heavy atom. The molecule has 0 aliphatic rings. The van der Waals surface area contributed by atoms with E-state index < -0.39 is 0 Å². The first kappa shape index (κ1) is 16.4. The van der Waals surface area contributed by atoms with Crippen molar-refractivity contribution in [1.82, 2.24) is 14.5 Å². The number of carbonyl (C=O) groups is 1. The maximum Gasteiger partial charge on any atom is 0.240 e. The minimum Gasteiger partial charge on any atom is -0.366 e. The molecule has 0 spiro atoms. The van der Waals surface area contributed by atoms with Crippen LogP contribution < -0.4 is 11.2 Å². The van der Waals surface area contributed by atoms with Crippen molar-refractivity contribution in [2.75, 3.05) is 11.2 Å². The number of rotatable bonds is 5. The van der Waals surface area contributed by atoms with Gasteiger partial charge in [-0.2, -0.15) is 4.68 Å². The quantitative estimate of drug-likeness (QED) is 0.539. The number of Topliss-reactive ketones (excluding diaryl/α,β-unsaturated/α-hetero) is 1. The lowest BCUT2D eigenvalue weighted by molar-refractivity contribution is 0.0966. The van der Waals surface area contributed by atoms with Crippen molar-refractivity contribution in [3.05, 3.63) is 57.2 Å². The molecule has 24 heavy (non-hydrogen) atoms. The highest BCUT2D eigenvalue weighted by Gasteiger charge is 2.14. The molecule has 0 radical (unpaired) electrons. The number of aryl methyl sites for hydroxylation is 2. The van der Waals surface area contributed by atoms with Crippen LogP contribution in [0.4, 0.5) is 10.9 Å². The van der Waals surface area contributed by atoms with E-state index in [9.17, 15) is 4.79 Å². The first-order chi connectivity index (χ1) is 11.5. The van der Waals surface area contributed by atoms with Gasteiger partial charge in [0.25, 0.3) is 0 Å². The molecule has 2 heterocycles. The standard InChI is InChI=1S/C16H17N5OS2/c1-10-5-6-12(11(2)8-10)13(22)9-20-16(23)21(15(17)19-20)18-14-4-3-7-24-14/h3-8,18H,9H2,1-2H3,(H2,17,19). The number of nitrogen functional groups attached to an aromatic ring is 1. The largest absolute Gasteiger partial charge is 0.366 e. The van der Waals surface area contributed by atoms with Gasteiger partial charge in [0.05, 0.1) is 0 Å². The number of carbonyl (C=O) groups excluding carboxylic acids is 1. The van der Waals surface area contributed by atoms with E-state index in [4.69, 9.17) is 18.0 Å². The average molecular weight is 359 g/mol. The van der Waals surface area contributed by atoms with Crippen molar-refractivity contribution in [3.63, 3.8) is 0 Å². The van der Waals surface area contributed by atoms with Gasteiger partial charge in [-0.1, -0.05) is 23.8 Å². The van der Waals surface area contributed by atoms with E-state index in [-0.39, 0.29) is 18.3 Å². The third kappa shape index (κ3) is 3.24. The predicted octanol–water partition coefficient (Wildman–Crippen LogP) is 3.43. The summed E-state index contributed by atoms with van der Waals surface area (Å²) in [4.78, 5) is 12.6. The molecule has 8 heteroatoms. The first-order valence-electron chi connectivity index (χ1n) is 7.32. The van der Waals surface area contributed by atoms with Crippen molar-refractivity contribution >= 4 is 40.3 Å². The van der Waals surface area contributed by atoms with Crippen LogP contribution in [0.15, 0.2) is 35.7 Å². The Kier molecular flexibility index (Phi) is 4.50. The van der Waals surface area contributed by atoms with Crippen LogP contribution in [0.1, 0.15) is 21.5 Å². The lowest BCUT2D eigenvalue weighted by Gasteiger charge is -2.06. The molecule has 1 aromatic carbocycles. The minimum atomic E-state index is -0.0515. The van der Waals surface area contributed by atoms with Gasteiger partial charge in [-0.15, -0.1) is 16.4 Å². The van der Waals surface area contributed by atoms with E-state index in [1.807, 2.05) is 49.6 Å². The van der Waals surface area contributed by atoms with Gasteiger partial charge in [0, 0.05) is 5.56 Å². The third-order valence-corrected chi connectivity index (χ3v) is 4.75. The van der Waals surface area contributed by atoms with Crippen LogP contribution in [0.25, 0.3) is 0 Å². The lowest BCUT2D eigenvalue weighted by atomic mass is 10.0. The van der Waals surface area contributed by atoms with Gasteiger partial charge in [0.1, 0.15) is 11.5 Å². The Hall–Kier alpha value is -2.45. The zero-order chi connectivity index (χ0) is 17.3. The maximum atomic E-state index is 12.6. The third-order valence-electron chi connectivity index (χ3n) is 3.58. The van der Waals surface area contributed by atoms with Gasteiger partial charge in [-0.25, -0.2) is 4.68 Å². The summed E-state index contributed by atoms with van der Waals surface area (Å²) < 4.78 is 3.28. The number of anilines is 2. The monoisotopic (exact) mass is 359 g/mol. The zero-order valence-corrected chi connectivity index (χ0v) is 14.9. The fraction of sp³-hybridized carbons (Fsp3) is 0.188. The molecule has 0 bridgehead atoms. The first-order valence-corrected chi connectivity index (χ1v) is 8.61. The fourth-order valence-corrected chi connectivity index (χ4v) is 3.28. The number of hydrogen-bond donors (Lipinski definition) is 2. The van der Waals surface area contributed by atoms with Crippen LogP contribution in [0.2, 0.25) is 0 Å². The molecule has 124 valence electrons. The summed E-state index contributed by atoms with van der Waals surface area (Å²) in [6.07, 6.45) is 0.